The minimum Gasteiger partial charge on any atom is -0.500 e. The number of nitrogens with zero attached hydrogens (tertiary/aromatic N) is 2. The quantitative estimate of drug-likeness (QED) is 0.134. The number of fused-ring (bicyclic) bond motifs is 2. The van der Waals surface area contributed by atoms with Crippen molar-refractivity contribution in [2.24, 2.45) is 0 Å². The van der Waals surface area contributed by atoms with Gasteiger partial charge in [-0.05, 0) is 57.6 Å². The molecule has 4 aromatic carbocycles. The van der Waals surface area contributed by atoms with E-state index in [-0.39, 0.29) is 30.9 Å². The zero-order valence-corrected chi connectivity index (χ0v) is 27.1. The smallest absolute Gasteiger partial charge is 0.182 e. The van der Waals surface area contributed by atoms with Gasteiger partial charge in [0.25, 0.3) is 0 Å². The first-order chi connectivity index (χ1) is 20.9. The molecule has 0 fully saturated rings. The number of hydrogen-bond donors (Lipinski definition) is 0. The van der Waals surface area contributed by atoms with E-state index in [0.717, 1.165) is 17.0 Å². The van der Waals surface area contributed by atoms with Crippen molar-refractivity contribution < 1.29 is 24.5 Å². The summed E-state index contributed by atoms with van der Waals surface area (Å²) in [5.41, 5.74) is 8.34. The van der Waals surface area contributed by atoms with Gasteiger partial charge >= 0.3 is 0 Å². The molecule has 0 N–H and O–H groups in total. The Morgan fingerprint density at radius 3 is 2.16 bits per heavy atom. The molecule has 219 valence electrons. The zero-order valence-electron chi connectivity index (χ0n) is 24.7. The first-order valence-corrected chi connectivity index (χ1v) is 14.2. The minimum absolute atomic E-state index is 0. The Morgan fingerprint density at radius 1 is 0.659 bits per heavy atom. The van der Waals surface area contributed by atoms with E-state index >= 15 is 0 Å². The Labute approximate surface area is 270 Å². The predicted molar refractivity (Wildman–Crippen MR) is 175 cm³/mol. The molecular weight excluding hydrogens is 721 g/mol. The van der Waals surface area contributed by atoms with Gasteiger partial charge in [0.05, 0.1) is 11.0 Å². The van der Waals surface area contributed by atoms with Crippen LogP contribution in [0.2, 0.25) is 0 Å². The summed E-state index contributed by atoms with van der Waals surface area (Å²) in [4.78, 5) is 21.4. The molecule has 4 nitrogen and oxygen atoms in total. The van der Waals surface area contributed by atoms with Gasteiger partial charge in [-0.3, -0.25) is 4.79 Å². The Kier molecular flexibility index (Phi) is 9.29. The molecule has 0 saturated heterocycles. The third kappa shape index (κ3) is 6.60. The largest absolute Gasteiger partial charge is 0.500 e. The van der Waals surface area contributed by atoms with Crippen molar-refractivity contribution >= 4 is 21.9 Å². The van der Waals surface area contributed by atoms with E-state index < -0.39 is 0 Å². The fourth-order valence-electron chi connectivity index (χ4n) is 4.94. The van der Waals surface area contributed by atoms with Crippen LogP contribution in [0.25, 0.3) is 55.6 Å². The normalized spacial score (nSPS) is 11.0. The average molecular weight is 751 g/mol. The maximum atomic E-state index is 12.6. The Hall–Kier alpha value is -4.70. The van der Waals surface area contributed by atoms with Gasteiger partial charge in [-0.2, -0.15) is 0 Å². The summed E-state index contributed by atoms with van der Waals surface area (Å²) in [5, 5.41) is 1.14. The summed E-state index contributed by atoms with van der Waals surface area (Å²) in [7, 11) is 0. The van der Waals surface area contributed by atoms with Gasteiger partial charge in [0.15, 0.2) is 5.43 Å². The fraction of sp³-hybridized carbons (Fsp3) is 0.103. The van der Waals surface area contributed by atoms with Gasteiger partial charge in [-0.25, -0.2) is 0 Å². The molecule has 0 amide bonds. The molecule has 7 aromatic rings. The molecule has 1 radical (unpaired) electrons. The molecule has 3 aromatic heterocycles. The maximum absolute atomic E-state index is 12.6. The van der Waals surface area contributed by atoms with Gasteiger partial charge in [-0.15, -0.1) is 53.6 Å². The van der Waals surface area contributed by atoms with Crippen LogP contribution in [0.4, 0.5) is 0 Å². The van der Waals surface area contributed by atoms with Crippen LogP contribution in [0.1, 0.15) is 26.3 Å². The zero-order chi connectivity index (χ0) is 29.8. The van der Waals surface area contributed by atoms with Crippen LogP contribution < -0.4 is 5.43 Å². The van der Waals surface area contributed by atoms with E-state index in [1.807, 2.05) is 48.7 Å². The molecule has 0 atom stereocenters. The van der Waals surface area contributed by atoms with Crippen molar-refractivity contribution in [1.29, 1.82) is 0 Å². The minimum atomic E-state index is -0.0296. The van der Waals surface area contributed by atoms with Crippen molar-refractivity contribution in [3.8, 4) is 33.6 Å². The average Bonchev–Trinajstić information content (AvgIpc) is 3.06. The van der Waals surface area contributed by atoms with Crippen LogP contribution >= 0.6 is 0 Å². The molecule has 0 aliphatic rings. The van der Waals surface area contributed by atoms with Gasteiger partial charge in [0.2, 0.25) is 0 Å². The van der Waals surface area contributed by atoms with E-state index in [2.05, 4.69) is 91.4 Å². The maximum Gasteiger partial charge on any atom is 0.182 e. The van der Waals surface area contributed by atoms with Crippen LogP contribution in [-0.2, 0) is 25.5 Å². The Bertz CT molecular complexity index is 2080. The monoisotopic (exact) mass is 751 g/mol. The van der Waals surface area contributed by atoms with E-state index in [4.69, 9.17) is 4.42 Å². The summed E-state index contributed by atoms with van der Waals surface area (Å²) < 4.78 is 5.94. The third-order valence-electron chi connectivity index (χ3n) is 7.27. The van der Waals surface area contributed by atoms with Crippen molar-refractivity contribution in [3.05, 3.63) is 156 Å². The second-order valence-corrected chi connectivity index (χ2v) is 11.3. The summed E-state index contributed by atoms with van der Waals surface area (Å²) in [6.07, 6.45) is 3.60. The van der Waals surface area contributed by atoms with Crippen molar-refractivity contribution in [2.75, 3.05) is 0 Å². The summed E-state index contributed by atoms with van der Waals surface area (Å²) in [6.45, 7) is 6.66. The summed E-state index contributed by atoms with van der Waals surface area (Å²) in [6, 6.07) is 43.7. The van der Waals surface area contributed by atoms with E-state index in [9.17, 15) is 4.79 Å². The molecule has 3 heterocycles. The molecule has 0 saturated carbocycles. The van der Waals surface area contributed by atoms with Crippen LogP contribution in [-0.4, -0.2) is 9.97 Å². The topological polar surface area (TPSA) is 56.0 Å². The molecule has 0 unspecified atom stereocenters. The molecule has 0 aliphatic carbocycles. The van der Waals surface area contributed by atoms with Crippen LogP contribution in [0.3, 0.4) is 0 Å². The second kappa shape index (κ2) is 13.3. The molecule has 7 rings (SSSR count). The van der Waals surface area contributed by atoms with E-state index in [1.165, 1.54) is 16.7 Å². The second-order valence-electron chi connectivity index (χ2n) is 11.3. The summed E-state index contributed by atoms with van der Waals surface area (Å²) >= 11 is 0. The Balaban J connectivity index is 0.000000171. The number of rotatable bonds is 3. The number of para-hydroxylation sites is 1. The number of aromatic nitrogens is 2. The third-order valence-corrected chi connectivity index (χ3v) is 7.27. The SMILES string of the molecule is CC(C)(C)c1ccnc(-c2[c-]ccc(-c3ccccc3)c2)c1.O=c1c2ccccc2oc2c(-c3ccccn3)[c-]ccc12.[Ir]. The number of pyridine rings is 2. The van der Waals surface area contributed by atoms with Crippen molar-refractivity contribution in [2.45, 2.75) is 26.2 Å². The standard InChI is InChI=1S/C21H20N.C18H10NO2.Ir/c1-21(2,3)19-12-13-22-20(15-19)18-11-7-10-17(14-18)16-8-5-4-6-9-16;20-17-13-6-1-2-10-16(13)21-18-12(7-5-8-14(17)18)15-9-3-4-11-19-15;/h4-10,12-15H,1-3H3;1-6,8-11H;/q2*-1;. The molecule has 0 aliphatic heterocycles. The van der Waals surface area contributed by atoms with Crippen molar-refractivity contribution in [3.63, 3.8) is 0 Å². The van der Waals surface area contributed by atoms with Gasteiger partial charge in [-0.1, -0.05) is 87.0 Å². The molecule has 0 spiro atoms. The molecule has 5 heteroatoms. The first kappa shape index (κ1) is 30.7. The van der Waals surface area contributed by atoms with Crippen LogP contribution in [0.5, 0.6) is 0 Å². The molecular formula is C39H30IrN2O2-2. The number of hydrogen-bond acceptors (Lipinski definition) is 4. The first-order valence-electron chi connectivity index (χ1n) is 14.2. The fourth-order valence-corrected chi connectivity index (χ4v) is 4.94. The van der Waals surface area contributed by atoms with E-state index in [1.54, 1.807) is 30.5 Å². The van der Waals surface area contributed by atoms with Gasteiger partial charge in [0, 0.05) is 32.5 Å². The van der Waals surface area contributed by atoms with Crippen LogP contribution in [0.15, 0.2) is 137 Å². The van der Waals surface area contributed by atoms with Crippen molar-refractivity contribution in [1.82, 2.24) is 9.97 Å². The number of benzene rings is 4. The van der Waals surface area contributed by atoms with Gasteiger partial charge < -0.3 is 14.4 Å². The molecule has 44 heavy (non-hydrogen) atoms. The molecule has 0 bridgehead atoms. The van der Waals surface area contributed by atoms with Crippen LogP contribution in [0, 0.1) is 12.1 Å². The predicted octanol–water partition coefficient (Wildman–Crippen LogP) is 9.32. The van der Waals surface area contributed by atoms with Gasteiger partial charge in [0.1, 0.15) is 5.58 Å². The summed E-state index contributed by atoms with van der Waals surface area (Å²) in [5.74, 6) is 0. The Morgan fingerprint density at radius 2 is 1.39 bits per heavy atom. The van der Waals surface area contributed by atoms with E-state index in [0.29, 0.717) is 27.5 Å².